The third-order valence-electron chi connectivity index (χ3n) is 3.23. The normalized spacial score (nSPS) is 11.0. The van der Waals surface area contributed by atoms with Gasteiger partial charge < -0.3 is 14.9 Å². The second kappa shape index (κ2) is 4.93. The average Bonchev–Trinajstić information content (AvgIpc) is 2.97. The molecule has 3 aromatic heterocycles. The molecule has 7 heteroatoms. The summed E-state index contributed by atoms with van der Waals surface area (Å²) in [5.41, 5.74) is 8.52. The number of pyridine rings is 1. The Labute approximate surface area is 121 Å². The van der Waals surface area contributed by atoms with E-state index in [0.717, 1.165) is 5.65 Å². The molecular formula is C14H15N5O2. The van der Waals surface area contributed by atoms with Crippen LogP contribution in [0.15, 0.2) is 30.6 Å². The molecule has 21 heavy (non-hydrogen) atoms. The fraction of sp³-hybridized carbons (Fsp3) is 0.214. The number of aromatic nitrogens is 4. The number of carbonyl (C=O) groups is 1. The number of hydrogen-bond acceptors (Lipinski definition) is 5. The van der Waals surface area contributed by atoms with Crippen molar-refractivity contribution < 1.29 is 9.53 Å². The highest BCUT2D eigenvalue weighted by Crippen LogP contribution is 2.17. The van der Waals surface area contributed by atoms with Gasteiger partial charge in [-0.25, -0.2) is 9.78 Å². The molecule has 7 nitrogen and oxygen atoms in total. The molecule has 0 amide bonds. The maximum Gasteiger partial charge on any atom is 0.359 e. The summed E-state index contributed by atoms with van der Waals surface area (Å²) in [6, 6.07) is 5.69. The third-order valence-corrected chi connectivity index (χ3v) is 3.23. The van der Waals surface area contributed by atoms with Crippen LogP contribution in [0.3, 0.4) is 0 Å². The lowest BCUT2D eigenvalue weighted by Gasteiger charge is -2.03. The molecule has 108 valence electrons. The van der Waals surface area contributed by atoms with Crippen LogP contribution >= 0.6 is 0 Å². The van der Waals surface area contributed by atoms with E-state index in [9.17, 15) is 4.79 Å². The highest BCUT2D eigenvalue weighted by Gasteiger charge is 2.19. The van der Waals surface area contributed by atoms with Crippen LogP contribution in [0, 0.1) is 6.92 Å². The SMILES string of the molecule is Cc1nn(C)c(C(=O)OCc2cn3ccccc3n2)c1N. The molecule has 0 aliphatic carbocycles. The number of ether oxygens (including phenoxy) is 1. The summed E-state index contributed by atoms with van der Waals surface area (Å²) >= 11 is 0. The van der Waals surface area contributed by atoms with E-state index in [1.165, 1.54) is 4.68 Å². The highest BCUT2D eigenvalue weighted by molar-refractivity contribution is 5.93. The summed E-state index contributed by atoms with van der Waals surface area (Å²) in [6.07, 6.45) is 3.70. The van der Waals surface area contributed by atoms with Crippen molar-refractivity contribution in [3.05, 3.63) is 47.7 Å². The molecule has 0 unspecified atom stereocenters. The van der Waals surface area contributed by atoms with Crippen LogP contribution in [0.25, 0.3) is 5.65 Å². The summed E-state index contributed by atoms with van der Waals surface area (Å²) in [5, 5.41) is 4.09. The lowest BCUT2D eigenvalue weighted by atomic mass is 10.3. The van der Waals surface area contributed by atoms with Gasteiger partial charge in [-0.15, -0.1) is 0 Å². The molecule has 0 fully saturated rings. The molecule has 0 atom stereocenters. The van der Waals surface area contributed by atoms with Crippen molar-refractivity contribution in [2.24, 2.45) is 7.05 Å². The van der Waals surface area contributed by atoms with Crippen molar-refractivity contribution >= 4 is 17.3 Å². The molecule has 0 saturated heterocycles. The first-order chi connectivity index (χ1) is 10.1. The number of anilines is 1. The molecule has 2 N–H and O–H groups in total. The number of nitrogens with two attached hydrogens (primary N) is 1. The van der Waals surface area contributed by atoms with Gasteiger partial charge in [0.05, 0.1) is 17.1 Å². The molecule has 0 bridgehead atoms. The first kappa shape index (κ1) is 13.2. The van der Waals surface area contributed by atoms with Crippen LogP contribution in [-0.2, 0) is 18.4 Å². The lowest BCUT2D eigenvalue weighted by molar-refractivity contribution is 0.0457. The van der Waals surface area contributed by atoms with Crippen LogP contribution in [0.2, 0.25) is 0 Å². The minimum Gasteiger partial charge on any atom is -0.454 e. The van der Waals surface area contributed by atoms with Crippen LogP contribution < -0.4 is 5.73 Å². The third kappa shape index (κ3) is 2.33. The Bertz CT molecular complexity index is 785. The minimum atomic E-state index is -0.507. The van der Waals surface area contributed by atoms with Crippen LogP contribution in [-0.4, -0.2) is 25.1 Å². The fourth-order valence-electron chi connectivity index (χ4n) is 2.18. The molecule has 0 spiro atoms. The zero-order valence-corrected chi connectivity index (χ0v) is 11.8. The summed E-state index contributed by atoms with van der Waals surface area (Å²) in [6.45, 7) is 1.83. The zero-order chi connectivity index (χ0) is 15.0. The summed E-state index contributed by atoms with van der Waals surface area (Å²) in [5.74, 6) is -0.507. The van der Waals surface area contributed by atoms with Crippen LogP contribution in [0.5, 0.6) is 0 Å². The number of rotatable bonds is 3. The van der Waals surface area contributed by atoms with Gasteiger partial charge >= 0.3 is 5.97 Å². The van der Waals surface area contributed by atoms with E-state index in [2.05, 4.69) is 10.1 Å². The second-order valence-corrected chi connectivity index (χ2v) is 4.75. The summed E-state index contributed by atoms with van der Waals surface area (Å²) < 4.78 is 8.56. The van der Waals surface area contributed by atoms with Crippen molar-refractivity contribution in [1.82, 2.24) is 19.2 Å². The first-order valence-corrected chi connectivity index (χ1v) is 6.45. The molecule has 0 radical (unpaired) electrons. The van der Waals surface area contributed by atoms with E-state index < -0.39 is 5.97 Å². The molecule has 3 aromatic rings. The number of hydrogen-bond donors (Lipinski definition) is 1. The second-order valence-electron chi connectivity index (χ2n) is 4.75. The molecule has 0 aromatic carbocycles. The number of imidazole rings is 1. The fourth-order valence-corrected chi connectivity index (χ4v) is 2.18. The molecule has 0 aliphatic heterocycles. The smallest absolute Gasteiger partial charge is 0.359 e. The molecule has 3 rings (SSSR count). The van der Waals surface area contributed by atoms with E-state index >= 15 is 0 Å². The lowest BCUT2D eigenvalue weighted by Crippen LogP contribution is -2.12. The van der Waals surface area contributed by atoms with Gasteiger partial charge in [-0.1, -0.05) is 6.07 Å². The van der Waals surface area contributed by atoms with Gasteiger partial charge in [-0.2, -0.15) is 5.10 Å². The Morgan fingerprint density at radius 2 is 2.24 bits per heavy atom. The standard InChI is InChI=1S/C14H15N5O2/c1-9-12(15)13(18(2)17-9)14(20)21-8-10-7-19-6-4-3-5-11(19)16-10/h3-7H,8,15H2,1-2H3. The number of fused-ring (bicyclic) bond motifs is 1. The van der Waals surface area contributed by atoms with Gasteiger partial charge in [0.2, 0.25) is 0 Å². The summed E-state index contributed by atoms with van der Waals surface area (Å²) in [7, 11) is 1.66. The van der Waals surface area contributed by atoms with Gasteiger partial charge in [-0.05, 0) is 19.1 Å². The van der Waals surface area contributed by atoms with Gasteiger partial charge in [-0.3, -0.25) is 4.68 Å². The van der Waals surface area contributed by atoms with Crippen molar-refractivity contribution in [1.29, 1.82) is 0 Å². The number of carbonyl (C=O) groups excluding carboxylic acids is 1. The minimum absolute atomic E-state index is 0.0875. The number of nitrogens with zero attached hydrogens (tertiary/aromatic N) is 4. The van der Waals surface area contributed by atoms with Crippen molar-refractivity contribution in [3.63, 3.8) is 0 Å². The monoisotopic (exact) mass is 285 g/mol. The molecular weight excluding hydrogens is 270 g/mol. The Morgan fingerprint density at radius 3 is 2.90 bits per heavy atom. The molecule has 0 saturated carbocycles. The van der Waals surface area contributed by atoms with E-state index in [1.807, 2.05) is 35.0 Å². The Hall–Kier alpha value is -2.83. The van der Waals surface area contributed by atoms with Gasteiger partial charge in [0, 0.05) is 19.4 Å². The number of nitrogen functional groups attached to an aromatic ring is 1. The van der Waals surface area contributed by atoms with E-state index in [0.29, 0.717) is 17.1 Å². The van der Waals surface area contributed by atoms with E-state index in [4.69, 9.17) is 10.5 Å². The van der Waals surface area contributed by atoms with Crippen LogP contribution in [0.4, 0.5) is 5.69 Å². The Kier molecular flexibility index (Phi) is 3.09. The summed E-state index contributed by atoms with van der Waals surface area (Å²) in [4.78, 5) is 16.5. The van der Waals surface area contributed by atoms with E-state index in [-0.39, 0.29) is 12.3 Å². The zero-order valence-electron chi connectivity index (χ0n) is 11.8. The molecule has 0 aliphatic rings. The predicted octanol–water partition coefficient (Wildman–Crippen LogP) is 1.32. The largest absolute Gasteiger partial charge is 0.454 e. The van der Waals surface area contributed by atoms with Crippen LogP contribution in [0.1, 0.15) is 21.9 Å². The Balaban J connectivity index is 1.76. The predicted molar refractivity (Wildman–Crippen MR) is 76.7 cm³/mol. The highest BCUT2D eigenvalue weighted by atomic mass is 16.5. The maximum absolute atomic E-state index is 12.1. The van der Waals surface area contributed by atoms with Gasteiger partial charge in [0.15, 0.2) is 5.69 Å². The van der Waals surface area contributed by atoms with Gasteiger partial charge in [0.1, 0.15) is 12.3 Å². The van der Waals surface area contributed by atoms with Crippen molar-refractivity contribution in [2.75, 3.05) is 5.73 Å². The Morgan fingerprint density at radius 1 is 1.43 bits per heavy atom. The average molecular weight is 285 g/mol. The van der Waals surface area contributed by atoms with Crippen molar-refractivity contribution in [2.45, 2.75) is 13.5 Å². The quantitative estimate of drug-likeness (QED) is 0.733. The van der Waals surface area contributed by atoms with Gasteiger partial charge in [0.25, 0.3) is 0 Å². The first-order valence-electron chi connectivity index (χ1n) is 6.45. The van der Waals surface area contributed by atoms with Crippen molar-refractivity contribution in [3.8, 4) is 0 Å². The number of aryl methyl sites for hydroxylation is 2. The number of esters is 1. The van der Waals surface area contributed by atoms with E-state index in [1.54, 1.807) is 14.0 Å². The maximum atomic E-state index is 12.1. The molecule has 3 heterocycles. The topological polar surface area (TPSA) is 87.4 Å².